The van der Waals surface area contributed by atoms with Crippen LogP contribution in [0.2, 0.25) is 5.02 Å². The highest BCUT2D eigenvalue weighted by atomic mass is 35.5. The number of halogens is 1. The molecule has 0 aliphatic heterocycles. The lowest BCUT2D eigenvalue weighted by Gasteiger charge is -2.04. The van der Waals surface area contributed by atoms with Gasteiger partial charge < -0.3 is 5.11 Å². The molecule has 5 heteroatoms. The Bertz CT molecular complexity index is 382. The van der Waals surface area contributed by atoms with Gasteiger partial charge in [0.15, 0.2) is 0 Å². The third-order valence-corrected chi connectivity index (χ3v) is 2.95. The molecule has 1 aromatic carbocycles. The van der Waals surface area contributed by atoms with Crippen molar-refractivity contribution in [2.75, 3.05) is 6.61 Å². The summed E-state index contributed by atoms with van der Waals surface area (Å²) in [5.41, 5.74) is 0.972. The summed E-state index contributed by atoms with van der Waals surface area (Å²) in [5.74, 6) is 0. The van der Waals surface area contributed by atoms with Crippen molar-refractivity contribution in [1.82, 2.24) is 0 Å². The molecule has 0 amide bonds. The third-order valence-electron chi connectivity index (χ3n) is 2.60. The number of rotatable bonds is 7. The van der Waals surface area contributed by atoms with Crippen LogP contribution in [0.5, 0.6) is 0 Å². The minimum absolute atomic E-state index is 0.0269. The highest BCUT2D eigenvalue weighted by Crippen LogP contribution is 2.23. The number of nitro groups is 1. The quantitative estimate of drug-likeness (QED) is 0.463. The summed E-state index contributed by atoms with van der Waals surface area (Å²) in [6, 6.07) is 4.59. The monoisotopic (exact) mass is 257 g/mol. The number of aliphatic hydroxyl groups is 1. The second-order valence-corrected chi connectivity index (χ2v) is 4.33. The predicted molar refractivity (Wildman–Crippen MR) is 67.4 cm³/mol. The van der Waals surface area contributed by atoms with E-state index in [1.54, 1.807) is 6.07 Å². The average molecular weight is 258 g/mol. The van der Waals surface area contributed by atoms with E-state index in [4.69, 9.17) is 16.7 Å². The fraction of sp³-hybridized carbons (Fsp3) is 0.500. The Morgan fingerprint density at radius 1 is 1.24 bits per heavy atom. The van der Waals surface area contributed by atoms with Crippen LogP contribution in [-0.2, 0) is 6.42 Å². The number of aliphatic hydroxyl groups excluding tert-OH is 1. The average Bonchev–Trinajstić information content (AvgIpc) is 2.30. The van der Waals surface area contributed by atoms with E-state index in [2.05, 4.69) is 0 Å². The number of non-ortho nitro benzene ring substituents is 1. The zero-order valence-electron chi connectivity index (χ0n) is 9.56. The Morgan fingerprint density at radius 2 is 1.94 bits per heavy atom. The van der Waals surface area contributed by atoms with Crippen molar-refractivity contribution >= 4 is 17.3 Å². The summed E-state index contributed by atoms with van der Waals surface area (Å²) in [7, 11) is 0. The number of hydrogen-bond acceptors (Lipinski definition) is 3. The Balaban J connectivity index is 2.46. The molecule has 0 aliphatic carbocycles. The minimum atomic E-state index is -0.448. The molecule has 0 spiro atoms. The molecule has 1 aromatic rings. The lowest BCUT2D eigenvalue weighted by Crippen LogP contribution is -1.92. The molecule has 0 heterocycles. The van der Waals surface area contributed by atoms with Crippen LogP contribution in [-0.4, -0.2) is 16.6 Å². The number of aryl methyl sites for hydroxylation is 1. The fourth-order valence-corrected chi connectivity index (χ4v) is 1.90. The van der Waals surface area contributed by atoms with E-state index in [0.717, 1.165) is 37.7 Å². The smallest absolute Gasteiger partial charge is 0.270 e. The van der Waals surface area contributed by atoms with Crippen molar-refractivity contribution in [2.24, 2.45) is 0 Å². The molecule has 94 valence electrons. The lowest BCUT2D eigenvalue weighted by atomic mass is 10.1. The van der Waals surface area contributed by atoms with Crippen molar-refractivity contribution < 1.29 is 10.0 Å². The summed E-state index contributed by atoms with van der Waals surface area (Å²) in [6.45, 7) is 0.234. The molecule has 0 saturated carbocycles. The van der Waals surface area contributed by atoms with Crippen molar-refractivity contribution in [2.45, 2.75) is 32.1 Å². The number of hydrogen-bond donors (Lipinski definition) is 1. The van der Waals surface area contributed by atoms with Crippen LogP contribution >= 0.6 is 11.6 Å². The largest absolute Gasteiger partial charge is 0.396 e. The first-order valence-corrected chi connectivity index (χ1v) is 6.06. The second-order valence-electron chi connectivity index (χ2n) is 3.92. The van der Waals surface area contributed by atoms with E-state index >= 15 is 0 Å². The predicted octanol–water partition coefficient (Wildman–Crippen LogP) is 3.34. The molecular weight excluding hydrogens is 242 g/mol. The van der Waals surface area contributed by atoms with Crippen molar-refractivity contribution in [3.8, 4) is 0 Å². The molecule has 1 N–H and O–H groups in total. The van der Waals surface area contributed by atoms with Gasteiger partial charge >= 0.3 is 0 Å². The molecule has 0 aliphatic rings. The van der Waals surface area contributed by atoms with Crippen LogP contribution < -0.4 is 0 Å². The summed E-state index contributed by atoms with van der Waals surface area (Å²) < 4.78 is 0. The molecule has 0 fully saturated rings. The van der Waals surface area contributed by atoms with E-state index in [1.807, 2.05) is 0 Å². The molecule has 0 radical (unpaired) electrons. The van der Waals surface area contributed by atoms with Crippen LogP contribution in [0.15, 0.2) is 18.2 Å². The van der Waals surface area contributed by atoms with Crippen molar-refractivity contribution in [1.29, 1.82) is 0 Å². The van der Waals surface area contributed by atoms with Crippen LogP contribution in [0.3, 0.4) is 0 Å². The molecule has 0 bridgehead atoms. The Kier molecular flexibility index (Phi) is 5.94. The first-order chi connectivity index (χ1) is 8.15. The van der Waals surface area contributed by atoms with Crippen molar-refractivity contribution in [3.63, 3.8) is 0 Å². The van der Waals surface area contributed by atoms with E-state index < -0.39 is 4.92 Å². The van der Waals surface area contributed by atoms with Crippen LogP contribution in [0.1, 0.15) is 31.2 Å². The summed E-state index contributed by atoms with van der Waals surface area (Å²) in [5, 5.41) is 19.6. The Morgan fingerprint density at radius 3 is 2.53 bits per heavy atom. The molecule has 0 unspecified atom stereocenters. The minimum Gasteiger partial charge on any atom is -0.396 e. The van der Waals surface area contributed by atoms with Crippen LogP contribution in [0.25, 0.3) is 0 Å². The first kappa shape index (κ1) is 13.9. The van der Waals surface area contributed by atoms with Gasteiger partial charge in [-0.3, -0.25) is 10.1 Å². The van der Waals surface area contributed by atoms with Gasteiger partial charge in [0, 0.05) is 18.7 Å². The van der Waals surface area contributed by atoms with E-state index in [1.165, 1.54) is 12.1 Å². The van der Waals surface area contributed by atoms with Gasteiger partial charge in [-0.25, -0.2) is 0 Å². The van der Waals surface area contributed by atoms with Gasteiger partial charge in [0.25, 0.3) is 5.69 Å². The highest BCUT2D eigenvalue weighted by molar-refractivity contribution is 6.31. The number of nitro benzene ring substituents is 1. The van der Waals surface area contributed by atoms with E-state index in [0.29, 0.717) is 5.02 Å². The van der Waals surface area contributed by atoms with Crippen molar-refractivity contribution in [3.05, 3.63) is 38.9 Å². The van der Waals surface area contributed by atoms with E-state index in [-0.39, 0.29) is 12.3 Å². The Hall–Kier alpha value is -1.13. The zero-order chi connectivity index (χ0) is 12.7. The molecule has 0 saturated heterocycles. The zero-order valence-corrected chi connectivity index (χ0v) is 10.3. The molecule has 1 rings (SSSR count). The maximum Gasteiger partial charge on any atom is 0.270 e. The Labute approximate surface area is 105 Å². The van der Waals surface area contributed by atoms with Gasteiger partial charge in [-0.15, -0.1) is 0 Å². The topological polar surface area (TPSA) is 63.4 Å². The number of nitrogens with zero attached hydrogens (tertiary/aromatic N) is 1. The standard InChI is InChI=1S/C12H16ClNO3/c13-12-9-11(14(16)17)7-6-10(12)5-3-1-2-4-8-15/h6-7,9,15H,1-5,8H2. The molecule has 4 nitrogen and oxygen atoms in total. The van der Waals surface area contributed by atoms with Gasteiger partial charge in [0.05, 0.1) is 9.95 Å². The van der Waals surface area contributed by atoms with Crippen LogP contribution in [0, 0.1) is 10.1 Å². The molecule has 0 aromatic heterocycles. The van der Waals surface area contributed by atoms with Gasteiger partial charge in [-0.1, -0.05) is 30.5 Å². The van der Waals surface area contributed by atoms with Crippen LogP contribution in [0.4, 0.5) is 5.69 Å². The number of unbranched alkanes of at least 4 members (excludes halogenated alkanes) is 3. The highest BCUT2D eigenvalue weighted by Gasteiger charge is 2.08. The van der Waals surface area contributed by atoms with Gasteiger partial charge in [0.1, 0.15) is 0 Å². The summed E-state index contributed by atoms with van der Waals surface area (Å²) in [6.07, 6.45) is 4.67. The molecular formula is C12H16ClNO3. The van der Waals surface area contributed by atoms with Gasteiger partial charge in [-0.05, 0) is 24.8 Å². The molecule has 17 heavy (non-hydrogen) atoms. The molecule has 0 atom stereocenters. The van der Waals surface area contributed by atoms with Gasteiger partial charge in [-0.2, -0.15) is 0 Å². The maximum absolute atomic E-state index is 10.5. The van der Waals surface area contributed by atoms with Gasteiger partial charge in [0.2, 0.25) is 0 Å². The second kappa shape index (κ2) is 7.25. The number of benzene rings is 1. The summed E-state index contributed by atoms with van der Waals surface area (Å²) >= 11 is 5.97. The fourth-order valence-electron chi connectivity index (χ4n) is 1.63. The maximum atomic E-state index is 10.5. The first-order valence-electron chi connectivity index (χ1n) is 5.69. The normalized spacial score (nSPS) is 10.5. The van der Waals surface area contributed by atoms with E-state index in [9.17, 15) is 10.1 Å². The third kappa shape index (κ3) is 4.71. The SMILES string of the molecule is O=[N+]([O-])c1ccc(CCCCCCO)c(Cl)c1. The lowest BCUT2D eigenvalue weighted by molar-refractivity contribution is -0.384. The summed E-state index contributed by atoms with van der Waals surface area (Å²) in [4.78, 5) is 10.1.